The third-order valence-corrected chi connectivity index (χ3v) is 4.43. The van der Waals surface area contributed by atoms with Crippen LogP contribution in [0.25, 0.3) is 0 Å². The molecular weight excluding hydrogens is 306 g/mol. The quantitative estimate of drug-likeness (QED) is 0.865. The summed E-state index contributed by atoms with van der Waals surface area (Å²) in [7, 11) is 3.13. The summed E-state index contributed by atoms with van der Waals surface area (Å²) in [5, 5.41) is 0. The third kappa shape index (κ3) is 2.72. The number of aromatic nitrogens is 2. The van der Waals surface area contributed by atoms with E-state index >= 15 is 0 Å². The van der Waals surface area contributed by atoms with Gasteiger partial charge in [0, 0.05) is 19.0 Å². The highest BCUT2D eigenvalue weighted by Crippen LogP contribution is 2.31. The molecule has 0 aliphatic carbocycles. The van der Waals surface area contributed by atoms with Crippen LogP contribution in [-0.4, -0.2) is 41.1 Å². The van der Waals surface area contributed by atoms with E-state index in [1.807, 2.05) is 17.3 Å². The van der Waals surface area contributed by atoms with Gasteiger partial charge in [0.15, 0.2) is 0 Å². The molecule has 1 aliphatic rings. The number of fused-ring (bicyclic) bond motifs is 1. The molecule has 2 aromatic rings. The van der Waals surface area contributed by atoms with Crippen molar-refractivity contribution in [2.75, 3.05) is 20.8 Å². The number of imidazole rings is 1. The molecule has 0 saturated heterocycles. The Balaban J connectivity index is 1.94. The topological polar surface area (TPSA) is 56.6 Å². The average molecular weight is 329 g/mol. The molecule has 0 saturated carbocycles. The molecule has 0 fully saturated rings. The number of nitrogens with zero attached hydrogens (tertiary/aromatic N) is 3. The number of hydrogen-bond acceptors (Lipinski definition) is 4. The number of methoxy groups -OCH3 is 2. The molecule has 24 heavy (non-hydrogen) atoms. The molecule has 3 rings (SSSR count). The van der Waals surface area contributed by atoms with Crippen molar-refractivity contribution in [3.05, 3.63) is 41.5 Å². The van der Waals surface area contributed by atoms with Crippen molar-refractivity contribution in [1.82, 2.24) is 14.5 Å². The van der Waals surface area contributed by atoms with Gasteiger partial charge in [-0.05, 0) is 26.0 Å². The standard InChI is InChI=1S/C18H23N3O3/c1-12(2)21-11-19-13-8-9-20(10-14(13)21)18(22)17-15(23-3)6-5-7-16(17)24-4/h5-7,11-12H,8-10H2,1-4H3. The largest absolute Gasteiger partial charge is 0.496 e. The van der Waals surface area contributed by atoms with Gasteiger partial charge in [-0.1, -0.05) is 6.07 Å². The van der Waals surface area contributed by atoms with Crippen molar-refractivity contribution in [2.45, 2.75) is 32.9 Å². The maximum Gasteiger partial charge on any atom is 0.261 e. The molecule has 0 N–H and O–H groups in total. The van der Waals surface area contributed by atoms with Crippen LogP contribution >= 0.6 is 0 Å². The normalized spacial score (nSPS) is 13.8. The lowest BCUT2D eigenvalue weighted by atomic mass is 10.1. The molecule has 0 spiro atoms. The highest BCUT2D eigenvalue weighted by Gasteiger charge is 2.29. The zero-order valence-corrected chi connectivity index (χ0v) is 14.6. The van der Waals surface area contributed by atoms with Crippen LogP contribution in [0.1, 0.15) is 41.6 Å². The molecule has 6 nitrogen and oxygen atoms in total. The van der Waals surface area contributed by atoms with E-state index in [9.17, 15) is 4.79 Å². The van der Waals surface area contributed by atoms with E-state index in [0.29, 0.717) is 36.2 Å². The van der Waals surface area contributed by atoms with Crippen LogP contribution < -0.4 is 9.47 Å². The molecule has 1 amide bonds. The van der Waals surface area contributed by atoms with Gasteiger partial charge in [-0.15, -0.1) is 0 Å². The first-order chi connectivity index (χ1) is 11.6. The van der Waals surface area contributed by atoms with Crippen molar-refractivity contribution in [3.63, 3.8) is 0 Å². The summed E-state index contributed by atoms with van der Waals surface area (Å²) in [5.41, 5.74) is 2.67. The summed E-state index contributed by atoms with van der Waals surface area (Å²) >= 11 is 0. The Kier molecular flexibility index (Phi) is 4.46. The summed E-state index contributed by atoms with van der Waals surface area (Å²) < 4.78 is 12.9. The monoisotopic (exact) mass is 329 g/mol. The van der Waals surface area contributed by atoms with E-state index in [1.54, 1.807) is 26.4 Å². The van der Waals surface area contributed by atoms with Crippen LogP contribution in [0.5, 0.6) is 11.5 Å². The smallest absolute Gasteiger partial charge is 0.261 e. The van der Waals surface area contributed by atoms with Crippen molar-refractivity contribution in [1.29, 1.82) is 0 Å². The molecule has 2 heterocycles. The lowest BCUT2D eigenvalue weighted by Gasteiger charge is -2.29. The minimum Gasteiger partial charge on any atom is -0.496 e. The molecule has 0 atom stereocenters. The van der Waals surface area contributed by atoms with Gasteiger partial charge in [-0.2, -0.15) is 0 Å². The third-order valence-electron chi connectivity index (χ3n) is 4.43. The van der Waals surface area contributed by atoms with E-state index in [4.69, 9.17) is 9.47 Å². The Morgan fingerprint density at radius 3 is 2.46 bits per heavy atom. The number of hydrogen-bond donors (Lipinski definition) is 0. The minimum absolute atomic E-state index is 0.0774. The predicted octanol–water partition coefficient (Wildman–Crippen LogP) is 2.68. The van der Waals surface area contributed by atoms with Gasteiger partial charge >= 0.3 is 0 Å². The molecule has 0 radical (unpaired) electrons. The summed E-state index contributed by atoms with van der Waals surface area (Å²) in [6.07, 6.45) is 2.63. The minimum atomic E-state index is -0.0774. The molecule has 1 aromatic carbocycles. The maximum absolute atomic E-state index is 13.1. The van der Waals surface area contributed by atoms with Crippen molar-refractivity contribution in [3.8, 4) is 11.5 Å². The van der Waals surface area contributed by atoms with Gasteiger partial charge in [0.2, 0.25) is 0 Å². The predicted molar refractivity (Wildman–Crippen MR) is 90.6 cm³/mol. The Morgan fingerprint density at radius 2 is 1.88 bits per heavy atom. The lowest BCUT2D eigenvalue weighted by Crippen LogP contribution is -2.37. The fraction of sp³-hybridized carbons (Fsp3) is 0.444. The molecule has 128 valence electrons. The van der Waals surface area contributed by atoms with Crippen LogP contribution in [-0.2, 0) is 13.0 Å². The fourth-order valence-electron chi connectivity index (χ4n) is 3.15. The van der Waals surface area contributed by atoms with E-state index in [0.717, 1.165) is 17.8 Å². The lowest BCUT2D eigenvalue weighted by molar-refractivity contribution is 0.0721. The van der Waals surface area contributed by atoms with Crippen LogP contribution in [0.15, 0.2) is 24.5 Å². The second kappa shape index (κ2) is 6.55. The Labute approximate surface area is 142 Å². The second-order valence-corrected chi connectivity index (χ2v) is 6.15. The first-order valence-corrected chi connectivity index (χ1v) is 8.11. The summed E-state index contributed by atoms with van der Waals surface area (Å²) in [4.78, 5) is 19.4. The molecule has 1 aromatic heterocycles. The van der Waals surface area contributed by atoms with Gasteiger partial charge in [0.25, 0.3) is 5.91 Å². The van der Waals surface area contributed by atoms with Crippen LogP contribution in [0, 0.1) is 0 Å². The van der Waals surface area contributed by atoms with Gasteiger partial charge in [0.05, 0.1) is 38.5 Å². The number of ether oxygens (including phenoxy) is 2. The van der Waals surface area contributed by atoms with Crippen LogP contribution in [0.4, 0.5) is 0 Å². The highest BCUT2D eigenvalue weighted by atomic mass is 16.5. The number of rotatable bonds is 4. The van der Waals surface area contributed by atoms with Crippen LogP contribution in [0.3, 0.4) is 0 Å². The van der Waals surface area contributed by atoms with Crippen molar-refractivity contribution >= 4 is 5.91 Å². The highest BCUT2D eigenvalue weighted by molar-refractivity contribution is 5.99. The number of amides is 1. The molecule has 0 bridgehead atoms. The summed E-state index contributed by atoms with van der Waals surface area (Å²) in [6, 6.07) is 5.70. The molecule has 0 unspecified atom stereocenters. The van der Waals surface area contributed by atoms with E-state index in [-0.39, 0.29) is 5.91 Å². The number of carbonyl (C=O) groups excluding carboxylic acids is 1. The van der Waals surface area contributed by atoms with Crippen LogP contribution in [0.2, 0.25) is 0 Å². The molecule has 6 heteroatoms. The SMILES string of the molecule is COc1cccc(OC)c1C(=O)N1CCc2ncn(C(C)C)c2C1. The van der Waals surface area contributed by atoms with Crippen molar-refractivity contribution in [2.24, 2.45) is 0 Å². The van der Waals surface area contributed by atoms with Gasteiger partial charge < -0.3 is 18.9 Å². The summed E-state index contributed by atoms with van der Waals surface area (Å²) in [6.45, 7) is 5.42. The zero-order valence-electron chi connectivity index (χ0n) is 14.6. The van der Waals surface area contributed by atoms with Gasteiger partial charge in [0.1, 0.15) is 17.1 Å². The number of carbonyl (C=O) groups is 1. The number of benzene rings is 1. The fourth-order valence-corrected chi connectivity index (χ4v) is 3.15. The average Bonchev–Trinajstić information content (AvgIpc) is 3.03. The van der Waals surface area contributed by atoms with Crippen molar-refractivity contribution < 1.29 is 14.3 Å². The van der Waals surface area contributed by atoms with E-state index in [1.165, 1.54) is 0 Å². The second-order valence-electron chi connectivity index (χ2n) is 6.15. The van der Waals surface area contributed by atoms with E-state index in [2.05, 4.69) is 23.4 Å². The first kappa shape index (κ1) is 16.4. The Hall–Kier alpha value is -2.50. The van der Waals surface area contributed by atoms with E-state index < -0.39 is 0 Å². The molecule has 1 aliphatic heterocycles. The Bertz CT molecular complexity index is 730. The molecular formula is C18H23N3O3. The Morgan fingerprint density at radius 1 is 1.21 bits per heavy atom. The maximum atomic E-state index is 13.1. The summed E-state index contributed by atoms with van der Waals surface area (Å²) in [5.74, 6) is 0.983. The van der Waals surface area contributed by atoms with Gasteiger partial charge in [-0.25, -0.2) is 4.98 Å². The zero-order chi connectivity index (χ0) is 17.3. The first-order valence-electron chi connectivity index (χ1n) is 8.11. The van der Waals surface area contributed by atoms with Gasteiger partial charge in [-0.3, -0.25) is 4.79 Å².